The molecule has 0 bridgehead atoms. The highest BCUT2D eigenvalue weighted by atomic mass is 32.2. The lowest BCUT2D eigenvalue weighted by Crippen LogP contribution is -2.36. The van der Waals surface area contributed by atoms with Gasteiger partial charge in [-0.25, -0.2) is 13.1 Å². The van der Waals surface area contributed by atoms with Gasteiger partial charge in [0.2, 0.25) is 10.0 Å². The van der Waals surface area contributed by atoms with E-state index in [1.165, 1.54) is 6.42 Å². The van der Waals surface area contributed by atoms with Crippen LogP contribution in [0.3, 0.4) is 0 Å². The first-order chi connectivity index (χ1) is 7.91. The first-order valence-corrected chi connectivity index (χ1v) is 8.23. The number of sulfonamides is 1. The lowest BCUT2D eigenvalue weighted by atomic mass is 9.91. The van der Waals surface area contributed by atoms with Crippen LogP contribution < -0.4 is 10.5 Å². The highest BCUT2D eigenvalue weighted by Crippen LogP contribution is 2.24. The van der Waals surface area contributed by atoms with Crippen molar-refractivity contribution in [2.24, 2.45) is 17.6 Å². The molecule has 3 N–H and O–H groups in total. The average Bonchev–Trinajstić information content (AvgIpc) is 2.26. The zero-order chi connectivity index (χ0) is 12.9. The largest absolute Gasteiger partial charge is 0.393 e. The molecular formula is C11H22N2O2S2. The summed E-state index contributed by atoms with van der Waals surface area (Å²) in [5, 5.41) is 0. The SMILES string of the molecule is CC(CNS(=O)(=O)CC1CCCCC1)C(N)=S. The van der Waals surface area contributed by atoms with Crippen LogP contribution in [0.5, 0.6) is 0 Å². The smallest absolute Gasteiger partial charge is 0.211 e. The van der Waals surface area contributed by atoms with E-state index in [1.807, 2.05) is 6.92 Å². The van der Waals surface area contributed by atoms with Crippen LogP contribution in [0.2, 0.25) is 0 Å². The molecular weight excluding hydrogens is 256 g/mol. The Labute approximate surface area is 109 Å². The van der Waals surface area contributed by atoms with Crippen LogP contribution in [-0.2, 0) is 10.0 Å². The van der Waals surface area contributed by atoms with Gasteiger partial charge in [0.25, 0.3) is 0 Å². The van der Waals surface area contributed by atoms with E-state index in [1.54, 1.807) is 0 Å². The van der Waals surface area contributed by atoms with E-state index in [9.17, 15) is 8.42 Å². The summed E-state index contributed by atoms with van der Waals surface area (Å²) in [6, 6.07) is 0. The zero-order valence-electron chi connectivity index (χ0n) is 10.3. The molecule has 0 aromatic heterocycles. The Morgan fingerprint density at radius 3 is 2.53 bits per heavy atom. The Balaban J connectivity index is 2.37. The second-order valence-electron chi connectivity index (χ2n) is 4.94. The topological polar surface area (TPSA) is 72.2 Å². The number of hydrogen-bond donors (Lipinski definition) is 2. The van der Waals surface area contributed by atoms with Gasteiger partial charge in [0.15, 0.2) is 0 Å². The third kappa shape index (κ3) is 5.79. The molecule has 0 aliphatic heterocycles. The van der Waals surface area contributed by atoms with Crippen LogP contribution in [0.15, 0.2) is 0 Å². The van der Waals surface area contributed by atoms with Gasteiger partial charge in [-0.05, 0) is 18.8 Å². The van der Waals surface area contributed by atoms with E-state index in [0.29, 0.717) is 17.5 Å². The number of thiocarbonyl (C=S) groups is 1. The van der Waals surface area contributed by atoms with Crippen LogP contribution in [-0.4, -0.2) is 25.7 Å². The molecule has 0 radical (unpaired) electrons. The van der Waals surface area contributed by atoms with Gasteiger partial charge in [0, 0.05) is 12.5 Å². The van der Waals surface area contributed by atoms with E-state index >= 15 is 0 Å². The van der Waals surface area contributed by atoms with Crippen molar-refractivity contribution < 1.29 is 8.42 Å². The van der Waals surface area contributed by atoms with Crippen molar-refractivity contribution in [2.75, 3.05) is 12.3 Å². The molecule has 0 heterocycles. The van der Waals surface area contributed by atoms with Crippen molar-refractivity contribution in [3.8, 4) is 0 Å². The van der Waals surface area contributed by atoms with Crippen molar-refractivity contribution in [3.63, 3.8) is 0 Å². The number of hydrogen-bond acceptors (Lipinski definition) is 3. The molecule has 1 aliphatic rings. The third-order valence-electron chi connectivity index (χ3n) is 3.27. The molecule has 0 spiro atoms. The van der Waals surface area contributed by atoms with Gasteiger partial charge in [-0.1, -0.05) is 38.4 Å². The van der Waals surface area contributed by atoms with E-state index in [0.717, 1.165) is 25.7 Å². The lowest BCUT2D eigenvalue weighted by molar-refractivity contribution is 0.384. The molecule has 17 heavy (non-hydrogen) atoms. The van der Waals surface area contributed by atoms with Crippen LogP contribution in [0.25, 0.3) is 0 Å². The van der Waals surface area contributed by atoms with Gasteiger partial charge in [0.1, 0.15) is 0 Å². The summed E-state index contributed by atoms with van der Waals surface area (Å²) >= 11 is 4.81. The number of nitrogens with one attached hydrogen (secondary N) is 1. The maximum absolute atomic E-state index is 11.8. The minimum Gasteiger partial charge on any atom is -0.393 e. The Bertz CT molecular complexity index is 348. The summed E-state index contributed by atoms with van der Waals surface area (Å²) in [7, 11) is -3.17. The molecule has 1 rings (SSSR count). The predicted molar refractivity (Wildman–Crippen MR) is 74.3 cm³/mol. The molecule has 1 atom stereocenters. The van der Waals surface area contributed by atoms with Crippen molar-refractivity contribution in [1.82, 2.24) is 4.72 Å². The average molecular weight is 278 g/mol. The van der Waals surface area contributed by atoms with Crippen LogP contribution in [0, 0.1) is 11.8 Å². The summed E-state index contributed by atoms with van der Waals surface area (Å²) in [5.41, 5.74) is 5.45. The molecule has 1 unspecified atom stereocenters. The molecule has 1 fully saturated rings. The molecule has 0 aromatic carbocycles. The lowest BCUT2D eigenvalue weighted by Gasteiger charge is -2.21. The second kappa shape index (κ2) is 6.66. The molecule has 4 nitrogen and oxygen atoms in total. The maximum Gasteiger partial charge on any atom is 0.211 e. The minimum absolute atomic E-state index is 0.0915. The third-order valence-corrected chi connectivity index (χ3v) is 5.19. The Morgan fingerprint density at radius 2 is 2.00 bits per heavy atom. The summed E-state index contributed by atoms with van der Waals surface area (Å²) in [6.07, 6.45) is 5.62. The van der Waals surface area contributed by atoms with Crippen molar-refractivity contribution >= 4 is 27.2 Å². The highest BCUT2D eigenvalue weighted by molar-refractivity contribution is 7.89. The minimum atomic E-state index is -3.17. The van der Waals surface area contributed by atoms with Crippen molar-refractivity contribution in [3.05, 3.63) is 0 Å². The summed E-state index contributed by atoms with van der Waals surface area (Å²) in [5.74, 6) is 0.476. The number of rotatable bonds is 6. The van der Waals surface area contributed by atoms with E-state index in [4.69, 9.17) is 18.0 Å². The fourth-order valence-corrected chi connectivity index (χ4v) is 3.73. The summed E-state index contributed by atoms with van der Waals surface area (Å²) < 4.78 is 26.3. The standard InChI is InChI=1S/C11H22N2O2S2/c1-9(11(12)16)7-13-17(14,15)8-10-5-3-2-4-6-10/h9-10,13H,2-8H2,1H3,(H2,12,16). The van der Waals surface area contributed by atoms with Gasteiger partial charge in [-0.3, -0.25) is 0 Å². The Morgan fingerprint density at radius 1 is 1.41 bits per heavy atom. The first-order valence-electron chi connectivity index (χ1n) is 6.17. The molecule has 0 amide bonds. The van der Waals surface area contributed by atoms with Gasteiger partial charge >= 0.3 is 0 Å². The zero-order valence-corrected chi connectivity index (χ0v) is 11.9. The van der Waals surface area contributed by atoms with E-state index in [2.05, 4.69) is 4.72 Å². The number of nitrogens with two attached hydrogens (primary N) is 1. The fraction of sp³-hybridized carbons (Fsp3) is 0.909. The quantitative estimate of drug-likeness (QED) is 0.721. The van der Waals surface area contributed by atoms with Crippen LogP contribution >= 0.6 is 12.2 Å². The Hall–Kier alpha value is -0.200. The fourth-order valence-electron chi connectivity index (χ4n) is 2.08. The molecule has 0 aromatic rings. The highest BCUT2D eigenvalue weighted by Gasteiger charge is 2.21. The summed E-state index contributed by atoms with van der Waals surface area (Å²) in [4.78, 5) is 0.352. The van der Waals surface area contributed by atoms with Gasteiger partial charge < -0.3 is 5.73 Å². The molecule has 100 valence electrons. The second-order valence-corrected chi connectivity index (χ2v) is 7.26. The maximum atomic E-state index is 11.8. The molecule has 1 aliphatic carbocycles. The van der Waals surface area contributed by atoms with E-state index < -0.39 is 10.0 Å². The normalized spacial score (nSPS) is 20.1. The van der Waals surface area contributed by atoms with Gasteiger partial charge in [-0.15, -0.1) is 0 Å². The van der Waals surface area contributed by atoms with Crippen LogP contribution in [0.1, 0.15) is 39.0 Å². The van der Waals surface area contributed by atoms with Gasteiger partial charge in [0.05, 0.1) is 10.7 Å². The van der Waals surface area contributed by atoms with E-state index in [-0.39, 0.29) is 11.7 Å². The molecule has 6 heteroatoms. The monoisotopic (exact) mass is 278 g/mol. The predicted octanol–water partition coefficient (Wildman–Crippen LogP) is 1.41. The molecule has 1 saturated carbocycles. The van der Waals surface area contributed by atoms with Crippen LogP contribution in [0.4, 0.5) is 0 Å². The first kappa shape index (κ1) is 14.9. The molecule has 0 saturated heterocycles. The van der Waals surface area contributed by atoms with Gasteiger partial charge in [-0.2, -0.15) is 0 Å². The Kier molecular flexibility index (Phi) is 5.82. The van der Waals surface area contributed by atoms with Crippen molar-refractivity contribution in [2.45, 2.75) is 39.0 Å². The van der Waals surface area contributed by atoms with Crippen molar-refractivity contribution in [1.29, 1.82) is 0 Å². The summed E-state index contributed by atoms with van der Waals surface area (Å²) in [6.45, 7) is 2.13.